The molecule has 6 heteroatoms. The number of halogens is 1. The van der Waals surface area contributed by atoms with E-state index in [1.54, 1.807) is 36.7 Å². The lowest BCUT2D eigenvalue weighted by Crippen LogP contribution is -2.17. The molecule has 2 aromatic rings. The van der Waals surface area contributed by atoms with Crippen LogP contribution in [0.1, 0.15) is 16.1 Å². The molecule has 0 aliphatic heterocycles. The lowest BCUT2D eigenvalue weighted by molar-refractivity contribution is 0.0955. The maximum atomic E-state index is 11.5. The molecule has 2 heterocycles. The van der Waals surface area contributed by atoms with Crippen molar-refractivity contribution in [2.45, 2.75) is 0 Å². The third-order valence-corrected chi connectivity index (χ3v) is 2.32. The summed E-state index contributed by atoms with van der Waals surface area (Å²) in [6, 6.07) is 6.68. The fourth-order valence-corrected chi connectivity index (χ4v) is 1.44. The van der Waals surface area contributed by atoms with Gasteiger partial charge in [0.15, 0.2) is 4.67 Å². The third kappa shape index (κ3) is 3.25. The predicted molar refractivity (Wildman–Crippen MR) is 65.7 cm³/mol. The van der Waals surface area contributed by atoms with Gasteiger partial charge in [-0.25, -0.2) is 5.43 Å². The summed E-state index contributed by atoms with van der Waals surface area (Å²) in [6.45, 7) is 0. The Morgan fingerprint density at radius 3 is 2.76 bits per heavy atom. The number of carbonyl (C=O) groups is 1. The van der Waals surface area contributed by atoms with Crippen LogP contribution < -0.4 is 5.43 Å². The molecule has 0 spiro atoms. The van der Waals surface area contributed by atoms with Gasteiger partial charge in [-0.2, -0.15) is 5.10 Å². The van der Waals surface area contributed by atoms with Crippen molar-refractivity contribution in [3.05, 3.63) is 52.7 Å². The first kappa shape index (κ1) is 11.5. The summed E-state index contributed by atoms with van der Waals surface area (Å²) in [4.78, 5) is 15.4. The summed E-state index contributed by atoms with van der Waals surface area (Å²) in [7, 11) is 0. The fraction of sp³-hybridized carbons (Fsp3) is 0. The number of rotatable bonds is 3. The van der Waals surface area contributed by atoms with Crippen LogP contribution in [0.5, 0.6) is 0 Å². The van der Waals surface area contributed by atoms with Gasteiger partial charge < -0.3 is 4.42 Å². The molecule has 0 saturated heterocycles. The Hall–Kier alpha value is -1.95. The molecule has 86 valence electrons. The molecule has 0 atom stereocenters. The van der Waals surface area contributed by atoms with E-state index in [2.05, 4.69) is 31.4 Å². The van der Waals surface area contributed by atoms with E-state index < -0.39 is 0 Å². The summed E-state index contributed by atoms with van der Waals surface area (Å²) < 4.78 is 5.79. The number of furan rings is 1. The van der Waals surface area contributed by atoms with E-state index in [9.17, 15) is 4.79 Å². The maximum absolute atomic E-state index is 11.5. The fourth-order valence-electron chi connectivity index (χ4n) is 1.12. The highest BCUT2D eigenvalue weighted by molar-refractivity contribution is 9.10. The van der Waals surface area contributed by atoms with Crippen LogP contribution in [-0.2, 0) is 0 Å². The maximum Gasteiger partial charge on any atom is 0.271 e. The van der Waals surface area contributed by atoms with Gasteiger partial charge in [-0.05, 0) is 40.2 Å². The van der Waals surface area contributed by atoms with Gasteiger partial charge in [0.2, 0.25) is 0 Å². The molecule has 0 radical (unpaired) electrons. The number of nitrogens with zero attached hydrogens (tertiary/aromatic N) is 2. The van der Waals surface area contributed by atoms with Crippen LogP contribution in [0.3, 0.4) is 0 Å². The van der Waals surface area contributed by atoms with Crippen molar-refractivity contribution in [2.24, 2.45) is 5.10 Å². The van der Waals surface area contributed by atoms with Gasteiger partial charge >= 0.3 is 0 Å². The molecule has 0 aliphatic carbocycles. The molecular weight excluding hydrogens is 286 g/mol. The molecule has 1 N–H and O–H groups in total. The zero-order valence-electron chi connectivity index (χ0n) is 8.63. The zero-order chi connectivity index (χ0) is 12.1. The van der Waals surface area contributed by atoms with Crippen molar-refractivity contribution >= 4 is 28.1 Å². The van der Waals surface area contributed by atoms with E-state index in [-0.39, 0.29) is 5.91 Å². The van der Waals surface area contributed by atoms with Gasteiger partial charge in [0.05, 0.1) is 6.21 Å². The molecule has 0 aromatic carbocycles. The average Bonchev–Trinajstić information content (AvgIpc) is 2.76. The van der Waals surface area contributed by atoms with Crippen molar-refractivity contribution in [3.8, 4) is 0 Å². The van der Waals surface area contributed by atoms with E-state index in [1.165, 1.54) is 6.21 Å². The Morgan fingerprint density at radius 1 is 1.35 bits per heavy atom. The number of hydrogen-bond donors (Lipinski definition) is 1. The molecule has 2 rings (SSSR count). The minimum absolute atomic E-state index is 0.297. The SMILES string of the molecule is O=C(N/N=C\c1ccc(Br)o1)c1ccncc1. The molecule has 1 amide bonds. The second kappa shape index (κ2) is 5.40. The van der Waals surface area contributed by atoms with Crippen LogP contribution >= 0.6 is 15.9 Å². The first-order valence-electron chi connectivity index (χ1n) is 4.74. The average molecular weight is 294 g/mol. The largest absolute Gasteiger partial charge is 0.448 e. The van der Waals surface area contributed by atoms with Gasteiger partial charge in [-0.1, -0.05) is 0 Å². The standard InChI is InChI=1S/C11H8BrN3O2/c12-10-2-1-9(17-10)7-14-15-11(16)8-3-5-13-6-4-8/h1-7H,(H,15,16)/b14-7-. The van der Waals surface area contributed by atoms with Gasteiger partial charge in [0.1, 0.15) is 5.76 Å². The number of aromatic nitrogens is 1. The van der Waals surface area contributed by atoms with Crippen LogP contribution in [0.15, 0.2) is 50.8 Å². The number of pyridine rings is 1. The molecule has 17 heavy (non-hydrogen) atoms. The second-order valence-electron chi connectivity index (χ2n) is 3.08. The third-order valence-electron chi connectivity index (χ3n) is 1.89. The highest BCUT2D eigenvalue weighted by atomic mass is 79.9. The minimum Gasteiger partial charge on any atom is -0.448 e. The molecule has 0 bridgehead atoms. The van der Waals surface area contributed by atoms with Crippen molar-refractivity contribution in [1.29, 1.82) is 0 Å². The normalized spacial score (nSPS) is 10.6. The topological polar surface area (TPSA) is 67.5 Å². The minimum atomic E-state index is -0.297. The van der Waals surface area contributed by atoms with Gasteiger partial charge in [0.25, 0.3) is 5.91 Å². The Bertz CT molecular complexity index is 537. The number of hydrazone groups is 1. The van der Waals surface area contributed by atoms with E-state index >= 15 is 0 Å². The van der Waals surface area contributed by atoms with Gasteiger partial charge in [-0.15, -0.1) is 0 Å². The van der Waals surface area contributed by atoms with Crippen LogP contribution in [0.2, 0.25) is 0 Å². The van der Waals surface area contributed by atoms with Crippen LogP contribution in [0.25, 0.3) is 0 Å². The summed E-state index contributed by atoms with van der Waals surface area (Å²) in [5, 5.41) is 3.77. The van der Waals surface area contributed by atoms with Crippen LogP contribution in [-0.4, -0.2) is 17.1 Å². The number of carbonyl (C=O) groups excluding carboxylic acids is 1. The summed E-state index contributed by atoms with van der Waals surface area (Å²) in [5.41, 5.74) is 2.88. The van der Waals surface area contributed by atoms with Crippen LogP contribution in [0.4, 0.5) is 0 Å². The Balaban J connectivity index is 1.95. The summed E-state index contributed by atoms with van der Waals surface area (Å²) >= 11 is 3.17. The Kier molecular flexibility index (Phi) is 3.66. The Morgan fingerprint density at radius 2 is 2.12 bits per heavy atom. The van der Waals surface area contributed by atoms with Crippen molar-refractivity contribution < 1.29 is 9.21 Å². The van der Waals surface area contributed by atoms with E-state index in [1.807, 2.05) is 0 Å². The molecular formula is C11H8BrN3O2. The molecule has 2 aromatic heterocycles. The molecule has 0 saturated carbocycles. The quantitative estimate of drug-likeness (QED) is 0.697. The number of amides is 1. The highest BCUT2D eigenvalue weighted by Gasteiger charge is 2.02. The van der Waals surface area contributed by atoms with Crippen molar-refractivity contribution in [1.82, 2.24) is 10.4 Å². The number of nitrogens with one attached hydrogen (secondary N) is 1. The second-order valence-corrected chi connectivity index (χ2v) is 3.86. The van der Waals surface area contributed by atoms with Gasteiger partial charge in [0, 0.05) is 18.0 Å². The monoisotopic (exact) mass is 293 g/mol. The molecule has 5 nitrogen and oxygen atoms in total. The van der Waals surface area contributed by atoms with E-state index in [0.717, 1.165) is 0 Å². The van der Waals surface area contributed by atoms with E-state index in [0.29, 0.717) is 16.0 Å². The van der Waals surface area contributed by atoms with Crippen molar-refractivity contribution in [3.63, 3.8) is 0 Å². The highest BCUT2D eigenvalue weighted by Crippen LogP contribution is 2.11. The smallest absolute Gasteiger partial charge is 0.271 e. The van der Waals surface area contributed by atoms with Gasteiger partial charge in [-0.3, -0.25) is 9.78 Å². The molecule has 0 fully saturated rings. The number of hydrogen-bond acceptors (Lipinski definition) is 4. The predicted octanol–water partition coefficient (Wildman–Crippen LogP) is 2.20. The molecule has 0 aliphatic rings. The lowest BCUT2D eigenvalue weighted by atomic mass is 10.3. The zero-order valence-corrected chi connectivity index (χ0v) is 10.2. The summed E-state index contributed by atoms with van der Waals surface area (Å²) in [5.74, 6) is 0.251. The van der Waals surface area contributed by atoms with Crippen molar-refractivity contribution in [2.75, 3.05) is 0 Å². The first-order valence-corrected chi connectivity index (χ1v) is 5.54. The summed E-state index contributed by atoms with van der Waals surface area (Å²) in [6.07, 6.45) is 4.51. The Labute approximate surface area is 106 Å². The van der Waals surface area contributed by atoms with E-state index in [4.69, 9.17) is 4.42 Å². The first-order chi connectivity index (χ1) is 8.25. The van der Waals surface area contributed by atoms with Crippen LogP contribution in [0, 0.1) is 0 Å². The lowest BCUT2D eigenvalue weighted by Gasteiger charge is -1.97. The molecule has 0 unspecified atom stereocenters.